The summed E-state index contributed by atoms with van der Waals surface area (Å²) >= 11 is 6.30. The first-order valence-electron chi connectivity index (χ1n) is 13.7. The number of aromatic nitrogens is 9. The Morgan fingerprint density at radius 3 is 2.29 bits per heavy atom. The van der Waals surface area contributed by atoms with Crippen LogP contribution in [0.5, 0.6) is 5.75 Å². The summed E-state index contributed by atoms with van der Waals surface area (Å²) in [7, 11) is 0. The van der Waals surface area contributed by atoms with Gasteiger partial charge in [0, 0.05) is 24.9 Å². The fourth-order valence-electron chi connectivity index (χ4n) is 4.38. The molecule has 0 unspecified atom stereocenters. The standard InChI is InChI=1S/C29H20ClN11O7/c30-18-12-17(29(46)47)22(33-27(43)20-4-6-25-36-38-39-41(25)37-20)13-23(18)48-10-7-15-1-2-16(28(44)45)21(11-15)32-26(42)19-3-5-24(35-34-19)40-9-8-31-14-40/h1-6,8-9,11-14H,7,10H2,(H,32,42)(H,33,43)(H,44,45)(H,46,47). The van der Waals surface area contributed by atoms with E-state index in [4.69, 9.17) is 16.3 Å². The summed E-state index contributed by atoms with van der Waals surface area (Å²) in [6, 6.07) is 12.6. The van der Waals surface area contributed by atoms with Gasteiger partial charge in [-0.15, -0.1) is 25.0 Å². The van der Waals surface area contributed by atoms with Gasteiger partial charge in [0.15, 0.2) is 22.9 Å². The van der Waals surface area contributed by atoms with Crippen molar-refractivity contribution in [3.8, 4) is 11.6 Å². The van der Waals surface area contributed by atoms with Gasteiger partial charge >= 0.3 is 11.9 Å². The van der Waals surface area contributed by atoms with Gasteiger partial charge in [-0.1, -0.05) is 17.7 Å². The number of tetrazole rings is 1. The minimum Gasteiger partial charge on any atom is -0.492 e. The van der Waals surface area contributed by atoms with E-state index in [0.29, 0.717) is 17.0 Å². The number of anilines is 2. The molecule has 0 aliphatic heterocycles. The van der Waals surface area contributed by atoms with Crippen molar-refractivity contribution in [2.45, 2.75) is 6.42 Å². The zero-order chi connectivity index (χ0) is 33.8. The lowest BCUT2D eigenvalue weighted by Crippen LogP contribution is -2.18. The first-order valence-corrected chi connectivity index (χ1v) is 14.1. The number of rotatable bonds is 11. The summed E-state index contributed by atoms with van der Waals surface area (Å²) in [6.45, 7) is -0.00195. The van der Waals surface area contributed by atoms with Crippen LogP contribution in [0.4, 0.5) is 11.4 Å². The van der Waals surface area contributed by atoms with Crippen LogP contribution in [0.25, 0.3) is 11.5 Å². The number of carboxylic acid groups (broad SMARTS) is 2. The molecule has 0 atom stereocenters. The molecule has 0 aliphatic carbocycles. The Bertz CT molecular complexity index is 2190. The van der Waals surface area contributed by atoms with Crippen molar-refractivity contribution in [3.63, 3.8) is 0 Å². The maximum Gasteiger partial charge on any atom is 0.337 e. The molecule has 4 heterocycles. The van der Waals surface area contributed by atoms with Gasteiger partial charge in [0.05, 0.1) is 34.1 Å². The number of hydrogen-bond acceptors (Lipinski definition) is 12. The number of carbonyl (C=O) groups excluding carboxylic acids is 2. The molecular weight excluding hydrogens is 650 g/mol. The highest BCUT2D eigenvalue weighted by Gasteiger charge is 2.20. The molecular formula is C29H20ClN11O7. The first-order chi connectivity index (χ1) is 23.2. The monoisotopic (exact) mass is 669 g/mol. The van der Waals surface area contributed by atoms with Crippen molar-refractivity contribution in [3.05, 3.63) is 106 Å². The van der Waals surface area contributed by atoms with Crippen LogP contribution in [0.2, 0.25) is 5.02 Å². The van der Waals surface area contributed by atoms with E-state index in [0.717, 1.165) is 10.7 Å². The molecule has 18 nitrogen and oxygen atoms in total. The normalized spacial score (nSPS) is 10.9. The van der Waals surface area contributed by atoms with E-state index in [2.05, 4.69) is 46.4 Å². The zero-order valence-corrected chi connectivity index (χ0v) is 24.9. The molecule has 0 bridgehead atoms. The van der Waals surface area contributed by atoms with Gasteiger partial charge in [0.2, 0.25) is 0 Å². The Hall–Kier alpha value is -6.82. The molecule has 6 rings (SSSR count). The van der Waals surface area contributed by atoms with E-state index in [1.807, 2.05) is 0 Å². The zero-order valence-electron chi connectivity index (χ0n) is 24.2. The molecule has 6 aromatic rings. The SMILES string of the molecule is O=C(Nc1cc(CCOc2cc(NC(=O)c3ccc4nnnn4n3)c(C(=O)O)cc2Cl)ccc1C(=O)O)c1ccc(-n2ccnc2)nn1. The van der Waals surface area contributed by atoms with Gasteiger partial charge in [0.1, 0.15) is 12.1 Å². The summed E-state index contributed by atoms with van der Waals surface area (Å²) < 4.78 is 8.45. The van der Waals surface area contributed by atoms with Crippen molar-refractivity contribution in [1.29, 1.82) is 0 Å². The first kappa shape index (κ1) is 31.2. The summed E-state index contributed by atoms with van der Waals surface area (Å²) in [4.78, 5) is 53.5. The molecule has 0 saturated carbocycles. The van der Waals surface area contributed by atoms with Crippen LogP contribution in [0.1, 0.15) is 47.3 Å². The molecule has 0 fully saturated rings. The summed E-state index contributed by atoms with van der Waals surface area (Å²) in [5.41, 5.74) is 0.223. The van der Waals surface area contributed by atoms with E-state index < -0.39 is 23.8 Å². The maximum atomic E-state index is 12.9. The Labute approximate surface area is 273 Å². The summed E-state index contributed by atoms with van der Waals surface area (Å²) in [5, 5.41) is 47.1. The number of nitrogens with one attached hydrogen (secondary N) is 2. The number of carbonyl (C=O) groups is 4. The minimum atomic E-state index is -1.35. The van der Waals surface area contributed by atoms with Gasteiger partial charge in [-0.2, -0.15) is 0 Å². The van der Waals surface area contributed by atoms with Crippen LogP contribution in [-0.2, 0) is 6.42 Å². The molecule has 0 radical (unpaired) electrons. The number of ether oxygens (including phenoxy) is 1. The number of hydrogen-bond donors (Lipinski definition) is 4. The highest BCUT2D eigenvalue weighted by atomic mass is 35.5. The third-order valence-electron chi connectivity index (χ3n) is 6.72. The van der Waals surface area contributed by atoms with Gasteiger partial charge < -0.3 is 25.6 Å². The Morgan fingerprint density at radius 2 is 1.58 bits per heavy atom. The van der Waals surface area contributed by atoms with E-state index in [9.17, 15) is 29.4 Å². The van der Waals surface area contributed by atoms with E-state index in [1.165, 1.54) is 42.7 Å². The lowest BCUT2D eigenvalue weighted by atomic mass is 10.1. The number of halogens is 1. The van der Waals surface area contributed by atoms with Crippen LogP contribution in [0.3, 0.4) is 0 Å². The molecule has 19 heteroatoms. The molecule has 0 aliphatic rings. The molecule has 2 aromatic carbocycles. The highest BCUT2D eigenvalue weighted by Crippen LogP contribution is 2.32. The number of nitrogens with zero attached hydrogens (tertiary/aromatic N) is 9. The van der Waals surface area contributed by atoms with E-state index >= 15 is 0 Å². The van der Waals surface area contributed by atoms with Crippen LogP contribution in [0, 0.1) is 0 Å². The fourth-order valence-corrected chi connectivity index (χ4v) is 4.60. The lowest BCUT2D eigenvalue weighted by molar-refractivity contribution is 0.0687. The molecule has 0 spiro atoms. The number of aromatic carboxylic acids is 2. The maximum absolute atomic E-state index is 12.9. The second kappa shape index (κ2) is 13.3. The van der Waals surface area contributed by atoms with Crippen molar-refractivity contribution in [2.24, 2.45) is 0 Å². The van der Waals surface area contributed by atoms with Crippen LogP contribution >= 0.6 is 11.6 Å². The largest absolute Gasteiger partial charge is 0.492 e. The molecule has 0 saturated heterocycles. The Kier molecular flexibility index (Phi) is 8.62. The van der Waals surface area contributed by atoms with Gasteiger partial charge in [0.25, 0.3) is 11.8 Å². The van der Waals surface area contributed by atoms with Crippen LogP contribution in [0.15, 0.2) is 73.3 Å². The topological polar surface area (TPSA) is 242 Å². The summed E-state index contributed by atoms with van der Waals surface area (Å²) in [6.07, 6.45) is 4.96. The van der Waals surface area contributed by atoms with Gasteiger partial charge in [-0.25, -0.2) is 14.6 Å². The minimum absolute atomic E-state index is 0.00195. The average molecular weight is 670 g/mol. The Morgan fingerprint density at radius 1 is 0.833 bits per heavy atom. The predicted octanol–water partition coefficient (Wildman–Crippen LogP) is 2.67. The van der Waals surface area contributed by atoms with Crippen LogP contribution < -0.4 is 15.4 Å². The third kappa shape index (κ3) is 6.72. The molecule has 4 N–H and O–H groups in total. The predicted molar refractivity (Wildman–Crippen MR) is 165 cm³/mol. The number of amides is 2. The second-order valence-electron chi connectivity index (χ2n) is 9.82. The van der Waals surface area contributed by atoms with E-state index in [1.54, 1.807) is 29.1 Å². The summed E-state index contributed by atoms with van der Waals surface area (Å²) in [5.74, 6) is -3.53. The van der Waals surface area contributed by atoms with Gasteiger partial charge in [-0.3, -0.25) is 14.2 Å². The Balaban J connectivity index is 1.15. The van der Waals surface area contributed by atoms with Crippen molar-refractivity contribution in [2.75, 3.05) is 17.2 Å². The fraction of sp³-hybridized carbons (Fsp3) is 0.0690. The number of fused-ring (bicyclic) bond motifs is 1. The van der Waals surface area contributed by atoms with Crippen molar-refractivity contribution < 1.29 is 34.1 Å². The second-order valence-corrected chi connectivity index (χ2v) is 10.2. The number of carboxylic acids is 2. The quantitative estimate of drug-likeness (QED) is 0.155. The van der Waals surface area contributed by atoms with E-state index in [-0.39, 0.29) is 57.7 Å². The lowest BCUT2D eigenvalue weighted by Gasteiger charge is -2.14. The molecule has 2 amide bonds. The number of benzene rings is 2. The molecule has 240 valence electrons. The molecule has 48 heavy (non-hydrogen) atoms. The third-order valence-corrected chi connectivity index (χ3v) is 7.01. The van der Waals surface area contributed by atoms with Crippen molar-refractivity contribution >= 4 is 52.4 Å². The average Bonchev–Trinajstić information content (AvgIpc) is 3.78. The number of imidazole rings is 1. The van der Waals surface area contributed by atoms with Crippen LogP contribution in [-0.4, -0.2) is 85.6 Å². The molecule has 4 aromatic heterocycles. The van der Waals surface area contributed by atoms with Gasteiger partial charge in [-0.05, 0) is 58.5 Å². The highest BCUT2D eigenvalue weighted by molar-refractivity contribution is 6.32. The van der Waals surface area contributed by atoms with Crippen molar-refractivity contribution in [1.82, 2.24) is 45.0 Å². The smallest absolute Gasteiger partial charge is 0.337 e.